The second-order valence-corrected chi connectivity index (χ2v) is 6.22. The average molecular weight is 329 g/mol. The molecule has 0 bridgehead atoms. The highest BCUT2D eigenvalue weighted by Gasteiger charge is 2.42. The van der Waals surface area contributed by atoms with Crippen LogP contribution in [0.5, 0.6) is 0 Å². The van der Waals surface area contributed by atoms with Gasteiger partial charge in [-0.1, -0.05) is 25.0 Å². The summed E-state index contributed by atoms with van der Waals surface area (Å²) in [6.07, 6.45) is 2.82. The van der Waals surface area contributed by atoms with Crippen molar-refractivity contribution in [3.8, 4) is 11.4 Å². The van der Waals surface area contributed by atoms with Gasteiger partial charge in [0.05, 0.1) is 5.41 Å². The molecule has 1 aromatic heterocycles. The number of carbonyl (C=O) groups excluding carboxylic acids is 1. The molecule has 0 unspecified atom stereocenters. The van der Waals surface area contributed by atoms with Gasteiger partial charge in [0.15, 0.2) is 5.82 Å². The zero-order valence-electron chi connectivity index (χ0n) is 13.4. The van der Waals surface area contributed by atoms with Crippen LogP contribution in [0.15, 0.2) is 24.3 Å². The Labute approximate surface area is 138 Å². The standard InChI is InChI=1S/C16H19N5O3/c1-21-14(18-19-20-21)11-5-4-6-12(9-11)17-13(22)10-16(15(23)24)7-2-3-8-16/h4-6,9H,2-3,7-8,10H2,1H3,(H,17,22)(H,23,24). The number of rotatable bonds is 5. The monoisotopic (exact) mass is 329 g/mol. The highest BCUT2D eigenvalue weighted by molar-refractivity contribution is 5.94. The van der Waals surface area contributed by atoms with Crippen molar-refractivity contribution in [3.05, 3.63) is 24.3 Å². The summed E-state index contributed by atoms with van der Waals surface area (Å²) in [4.78, 5) is 23.9. The molecule has 1 amide bonds. The molecule has 1 fully saturated rings. The van der Waals surface area contributed by atoms with Crippen LogP contribution in [0.1, 0.15) is 32.1 Å². The minimum absolute atomic E-state index is 0.00191. The van der Waals surface area contributed by atoms with E-state index in [4.69, 9.17) is 0 Å². The van der Waals surface area contributed by atoms with E-state index in [0.29, 0.717) is 24.4 Å². The van der Waals surface area contributed by atoms with Gasteiger partial charge in [0.1, 0.15) is 0 Å². The molecular formula is C16H19N5O3. The first-order valence-corrected chi connectivity index (χ1v) is 7.86. The number of tetrazole rings is 1. The predicted molar refractivity (Wildman–Crippen MR) is 86.0 cm³/mol. The van der Waals surface area contributed by atoms with Crippen molar-refractivity contribution in [2.75, 3.05) is 5.32 Å². The summed E-state index contributed by atoms with van der Waals surface area (Å²) >= 11 is 0. The SMILES string of the molecule is Cn1nnnc1-c1cccc(NC(=O)CC2(C(=O)O)CCCC2)c1. The average Bonchev–Trinajstić information content (AvgIpc) is 3.17. The van der Waals surface area contributed by atoms with Gasteiger partial charge in [-0.15, -0.1) is 5.10 Å². The van der Waals surface area contributed by atoms with E-state index in [1.807, 2.05) is 6.07 Å². The Morgan fingerprint density at radius 1 is 1.33 bits per heavy atom. The fourth-order valence-electron chi connectivity index (χ4n) is 3.24. The molecule has 3 rings (SSSR count). The number of nitrogens with zero attached hydrogens (tertiary/aromatic N) is 4. The number of nitrogens with one attached hydrogen (secondary N) is 1. The number of anilines is 1. The number of amides is 1. The van der Waals surface area contributed by atoms with Crippen LogP contribution in [-0.2, 0) is 16.6 Å². The molecule has 8 heteroatoms. The summed E-state index contributed by atoms with van der Waals surface area (Å²) in [5.74, 6) is -0.578. The first-order chi connectivity index (χ1) is 11.5. The van der Waals surface area contributed by atoms with Gasteiger partial charge in [0, 0.05) is 24.7 Å². The lowest BCUT2D eigenvalue weighted by Crippen LogP contribution is -2.32. The maximum absolute atomic E-state index is 12.3. The number of carboxylic acid groups (broad SMARTS) is 1. The molecule has 2 aromatic rings. The molecule has 0 atom stereocenters. The van der Waals surface area contributed by atoms with E-state index in [1.54, 1.807) is 29.9 Å². The van der Waals surface area contributed by atoms with Crippen LogP contribution >= 0.6 is 0 Å². The van der Waals surface area contributed by atoms with E-state index in [-0.39, 0.29) is 12.3 Å². The van der Waals surface area contributed by atoms with Gasteiger partial charge >= 0.3 is 5.97 Å². The molecule has 24 heavy (non-hydrogen) atoms. The predicted octanol–water partition coefficient (Wildman–Crippen LogP) is 1.85. The van der Waals surface area contributed by atoms with E-state index in [2.05, 4.69) is 20.8 Å². The number of aryl methyl sites for hydroxylation is 1. The zero-order chi connectivity index (χ0) is 17.2. The molecule has 0 aliphatic heterocycles. The Hall–Kier alpha value is -2.77. The Balaban J connectivity index is 1.73. The molecular weight excluding hydrogens is 310 g/mol. The summed E-state index contributed by atoms with van der Waals surface area (Å²) in [6, 6.07) is 7.16. The van der Waals surface area contributed by atoms with Gasteiger partial charge in [-0.2, -0.15) is 0 Å². The molecule has 0 spiro atoms. The number of aliphatic carboxylic acids is 1. The van der Waals surface area contributed by atoms with Gasteiger partial charge in [0.2, 0.25) is 5.91 Å². The maximum Gasteiger partial charge on any atom is 0.310 e. The zero-order valence-corrected chi connectivity index (χ0v) is 13.4. The van der Waals surface area contributed by atoms with E-state index in [9.17, 15) is 14.7 Å². The molecule has 1 aliphatic rings. The summed E-state index contributed by atoms with van der Waals surface area (Å²) in [7, 11) is 1.73. The summed E-state index contributed by atoms with van der Waals surface area (Å²) in [5.41, 5.74) is 0.447. The molecule has 1 saturated carbocycles. The van der Waals surface area contributed by atoms with E-state index in [0.717, 1.165) is 18.4 Å². The molecule has 0 saturated heterocycles. The van der Waals surface area contributed by atoms with E-state index >= 15 is 0 Å². The van der Waals surface area contributed by atoms with Crippen LogP contribution in [0.2, 0.25) is 0 Å². The first kappa shape index (κ1) is 16.1. The normalized spacial score (nSPS) is 16.0. The van der Waals surface area contributed by atoms with Crippen molar-refractivity contribution < 1.29 is 14.7 Å². The van der Waals surface area contributed by atoms with Gasteiger partial charge in [0.25, 0.3) is 0 Å². The maximum atomic E-state index is 12.3. The molecule has 1 aromatic carbocycles. The smallest absolute Gasteiger partial charge is 0.310 e. The van der Waals surface area contributed by atoms with Crippen LogP contribution in [0.4, 0.5) is 5.69 Å². The highest BCUT2D eigenvalue weighted by Crippen LogP contribution is 2.41. The number of hydrogen-bond acceptors (Lipinski definition) is 5. The number of benzene rings is 1. The number of carboxylic acids is 1. The number of carbonyl (C=O) groups is 2. The fourth-order valence-corrected chi connectivity index (χ4v) is 3.24. The molecule has 0 radical (unpaired) electrons. The molecule has 1 heterocycles. The third-order valence-electron chi connectivity index (χ3n) is 4.54. The van der Waals surface area contributed by atoms with Gasteiger partial charge in [-0.05, 0) is 35.4 Å². The Morgan fingerprint density at radius 2 is 2.08 bits per heavy atom. The van der Waals surface area contributed by atoms with Crippen LogP contribution in [0.3, 0.4) is 0 Å². The van der Waals surface area contributed by atoms with Gasteiger partial charge in [-0.3, -0.25) is 9.59 Å². The topological polar surface area (TPSA) is 110 Å². The van der Waals surface area contributed by atoms with Gasteiger partial charge < -0.3 is 10.4 Å². The van der Waals surface area contributed by atoms with Crippen LogP contribution in [0, 0.1) is 5.41 Å². The Bertz CT molecular complexity index is 765. The lowest BCUT2D eigenvalue weighted by Gasteiger charge is -2.22. The van der Waals surface area contributed by atoms with Crippen LogP contribution < -0.4 is 5.32 Å². The molecule has 8 nitrogen and oxygen atoms in total. The number of aromatic nitrogens is 4. The second kappa shape index (κ2) is 6.38. The molecule has 126 valence electrons. The third kappa shape index (κ3) is 3.12. The van der Waals surface area contributed by atoms with Crippen molar-refractivity contribution in [1.82, 2.24) is 20.2 Å². The fraction of sp³-hybridized carbons (Fsp3) is 0.438. The summed E-state index contributed by atoms with van der Waals surface area (Å²) in [6.45, 7) is 0. The summed E-state index contributed by atoms with van der Waals surface area (Å²) < 4.78 is 1.54. The van der Waals surface area contributed by atoms with Gasteiger partial charge in [-0.25, -0.2) is 4.68 Å². The minimum atomic E-state index is -0.921. The quantitative estimate of drug-likeness (QED) is 0.866. The third-order valence-corrected chi connectivity index (χ3v) is 4.54. The lowest BCUT2D eigenvalue weighted by molar-refractivity contribution is -0.150. The Kier molecular flexibility index (Phi) is 4.28. The van der Waals surface area contributed by atoms with Crippen molar-refractivity contribution in [2.24, 2.45) is 12.5 Å². The van der Waals surface area contributed by atoms with Crippen LogP contribution in [0.25, 0.3) is 11.4 Å². The van der Waals surface area contributed by atoms with Crippen molar-refractivity contribution >= 4 is 17.6 Å². The largest absolute Gasteiger partial charge is 0.481 e. The number of hydrogen-bond donors (Lipinski definition) is 2. The Morgan fingerprint density at radius 3 is 2.71 bits per heavy atom. The molecule has 1 aliphatic carbocycles. The lowest BCUT2D eigenvalue weighted by atomic mass is 9.82. The minimum Gasteiger partial charge on any atom is -0.481 e. The highest BCUT2D eigenvalue weighted by atomic mass is 16.4. The van der Waals surface area contributed by atoms with Crippen LogP contribution in [-0.4, -0.2) is 37.2 Å². The van der Waals surface area contributed by atoms with Crippen molar-refractivity contribution in [3.63, 3.8) is 0 Å². The van der Waals surface area contributed by atoms with Crippen molar-refractivity contribution in [1.29, 1.82) is 0 Å². The first-order valence-electron chi connectivity index (χ1n) is 7.86. The molecule has 2 N–H and O–H groups in total. The van der Waals surface area contributed by atoms with E-state index < -0.39 is 11.4 Å². The second-order valence-electron chi connectivity index (χ2n) is 6.22. The summed E-state index contributed by atoms with van der Waals surface area (Å²) in [5, 5.41) is 23.6. The van der Waals surface area contributed by atoms with E-state index in [1.165, 1.54) is 0 Å². The van der Waals surface area contributed by atoms with Crippen molar-refractivity contribution in [2.45, 2.75) is 32.1 Å².